The van der Waals surface area contributed by atoms with E-state index < -0.39 is 10.0 Å². The highest BCUT2D eigenvalue weighted by molar-refractivity contribution is 9.10. The summed E-state index contributed by atoms with van der Waals surface area (Å²) in [7, 11) is -3.24. The minimum atomic E-state index is -3.24. The van der Waals surface area contributed by atoms with Gasteiger partial charge in [-0.1, -0.05) is 0 Å². The lowest BCUT2D eigenvalue weighted by Gasteiger charge is -2.30. The van der Waals surface area contributed by atoms with E-state index >= 15 is 0 Å². The van der Waals surface area contributed by atoms with Crippen molar-refractivity contribution in [3.8, 4) is 0 Å². The molecule has 1 unspecified atom stereocenters. The molecule has 1 amide bonds. The second-order valence-corrected chi connectivity index (χ2v) is 9.12. The topological polar surface area (TPSA) is 78.8 Å². The van der Waals surface area contributed by atoms with Crippen molar-refractivity contribution in [1.82, 2.24) is 9.73 Å². The molecule has 1 N–H and O–H groups in total. The third-order valence-electron chi connectivity index (χ3n) is 3.47. The average molecular weight is 408 g/mol. The van der Waals surface area contributed by atoms with E-state index in [4.69, 9.17) is 0 Å². The van der Waals surface area contributed by atoms with Gasteiger partial charge in [0.1, 0.15) is 0 Å². The Labute approximate surface area is 142 Å². The molecule has 0 radical (unpaired) electrons. The van der Waals surface area contributed by atoms with Crippen LogP contribution in [0.1, 0.15) is 24.6 Å². The molecule has 1 aliphatic rings. The van der Waals surface area contributed by atoms with E-state index in [0.717, 1.165) is 9.35 Å². The summed E-state index contributed by atoms with van der Waals surface area (Å²) >= 11 is 4.85. The van der Waals surface area contributed by atoms with Crippen molar-refractivity contribution in [3.05, 3.63) is 20.8 Å². The van der Waals surface area contributed by atoms with Crippen LogP contribution in [0.25, 0.3) is 0 Å². The van der Waals surface area contributed by atoms with Crippen molar-refractivity contribution >= 4 is 49.4 Å². The zero-order chi connectivity index (χ0) is 16.2. The van der Waals surface area contributed by atoms with Gasteiger partial charge in [0.05, 0.1) is 17.9 Å². The Morgan fingerprint density at radius 3 is 3.05 bits per heavy atom. The highest BCUT2D eigenvalue weighted by Gasteiger charge is 2.31. The van der Waals surface area contributed by atoms with Crippen molar-refractivity contribution in [3.63, 3.8) is 0 Å². The number of carbonyl (C=O) groups is 1. The van der Waals surface area contributed by atoms with Crippen LogP contribution in [-0.4, -0.2) is 43.7 Å². The van der Waals surface area contributed by atoms with Gasteiger partial charge in [-0.2, -0.15) is 5.10 Å². The molecule has 22 heavy (non-hydrogen) atoms. The number of amides is 1. The Bertz CT molecular complexity index is 657. The monoisotopic (exact) mass is 407 g/mol. The first-order chi connectivity index (χ1) is 10.4. The van der Waals surface area contributed by atoms with Gasteiger partial charge in [0, 0.05) is 27.8 Å². The van der Waals surface area contributed by atoms with Gasteiger partial charge in [-0.15, -0.1) is 11.3 Å². The molecule has 1 saturated heterocycles. The largest absolute Gasteiger partial charge is 0.273 e. The first-order valence-corrected chi connectivity index (χ1v) is 10.3. The number of sulfonamides is 1. The number of rotatable bonds is 5. The van der Waals surface area contributed by atoms with Crippen molar-refractivity contribution < 1.29 is 13.2 Å². The number of thiophene rings is 1. The lowest BCUT2D eigenvalue weighted by molar-refractivity contribution is -0.126. The van der Waals surface area contributed by atoms with Crippen molar-refractivity contribution in [1.29, 1.82) is 0 Å². The maximum Gasteiger partial charge on any atom is 0.244 e. The lowest BCUT2D eigenvalue weighted by atomic mass is 9.99. The number of hydrogen-bond donors (Lipinski definition) is 1. The van der Waals surface area contributed by atoms with Crippen molar-refractivity contribution in [2.75, 3.05) is 18.8 Å². The Hall–Kier alpha value is -0.770. The number of piperidine rings is 1. The summed E-state index contributed by atoms with van der Waals surface area (Å²) in [5.74, 6) is -0.516. The average Bonchev–Trinajstić information content (AvgIpc) is 2.92. The van der Waals surface area contributed by atoms with Gasteiger partial charge in [0.2, 0.25) is 15.9 Å². The fourth-order valence-electron chi connectivity index (χ4n) is 2.24. The third-order valence-corrected chi connectivity index (χ3v) is 6.94. The Balaban J connectivity index is 1.91. The molecule has 1 fully saturated rings. The van der Waals surface area contributed by atoms with E-state index in [1.165, 1.54) is 15.6 Å². The van der Waals surface area contributed by atoms with Crippen LogP contribution < -0.4 is 5.43 Å². The van der Waals surface area contributed by atoms with Gasteiger partial charge in [-0.05, 0) is 41.8 Å². The second-order valence-electron chi connectivity index (χ2n) is 5.00. The maximum absolute atomic E-state index is 12.1. The molecule has 0 aromatic carbocycles. The maximum atomic E-state index is 12.1. The fourth-order valence-corrected chi connectivity index (χ4v) is 4.72. The molecule has 1 aromatic heterocycles. The summed E-state index contributed by atoms with van der Waals surface area (Å²) in [6.45, 7) is 2.34. The van der Waals surface area contributed by atoms with Gasteiger partial charge in [-0.25, -0.2) is 18.1 Å². The van der Waals surface area contributed by atoms with E-state index in [-0.39, 0.29) is 24.1 Å². The summed E-state index contributed by atoms with van der Waals surface area (Å²) < 4.78 is 26.1. The number of halogens is 1. The molecular formula is C13H18BrN3O3S2. The molecule has 0 saturated carbocycles. The van der Waals surface area contributed by atoms with Crippen molar-refractivity contribution in [2.45, 2.75) is 19.8 Å². The SMILES string of the molecule is CCS(=O)(=O)N1CCCC(C(=O)NN=Cc2cc(Br)cs2)C1. The zero-order valence-electron chi connectivity index (χ0n) is 12.2. The predicted molar refractivity (Wildman–Crippen MR) is 91.5 cm³/mol. The number of hydrazone groups is 1. The predicted octanol–water partition coefficient (Wildman–Crippen LogP) is 2.02. The van der Waals surface area contributed by atoms with Gasteiger partial charge < -0.3 is 0 Å². The molecule has 2 heterocycles. The van der Waals surface area contributed by atoms with E-state index in [2.05, 4.69) is 26.5 Å². The van der Waals surface area contributed by atoms with Crippen LogP contribution in [0.3, 0.4) is 0 Å². The standard InChI is InChI=1S/C13H18BrN3O3S2/c1-2-22(19,20)17-5-3-4-10(8-17)13(18)16-15-7-12-6-11(14)9-21-12/h6-7,9-10H,2-5,8H2,1H3,(H,16,18). The van der Waals surface area contributed by atoms with Crippen LogP contribution >= 0.6 is 27.3 Å². The number of nitrogens with zero attached hydrogens (tertiary/aromatic N) is 2. The zero-order valence-corrected chi connectivity index (χ0v) is 15.4. The van der Waals surface area contributed by atoms with Gasteiger partial charge in [-0.3, -0.25) is 4.79 Å². The van der Waals surface area contributed by atoms with Crippen molar-refractivity contribution in [2.24, 2.45) is 11.0 Å². The van der Waals surface area contributed by atoms with E-state index in [0.29, 0.717) is 19.4 Å². The highest BCUT2D eigenvalue weighted by Crippen LogP contribution is 2.20. The Morgan fingerprint density at radius 1 is 1.64 bits per heavy atom. The van der Waals surface area contributed by atoms with Crippen LogP contribution in [0.4, 0.5) is 0 Å². The van der Waals surface area contributed by atoms with Crippen LogP contribution in [0.5, 0.6) is 0 Å². The van der Waals surface area contributed by atoms with Gasteiger partial charge >= 0.3 is 0 Å². The second kappa shape index (κ2) is 7.67. The molecule has 122 valence electrons. The molecule has 1 aliphatic heterocycles. The first-order valence-electron chi connectivity index (χ1n) is 6.97. The molecule has 1 aromatic rings. The van der Waals surface area contributed by atoms with Gasteiger partial charge in [0.15, 0.2) is 0 Å². The van der Waals surface area contributed by atoms with Crippen LogP contribution in [-0.2, 0) is 14.8 Å². The summed E-state index contributed by atoms with van der Waals surface area (Å²) in [6.07, 6.45) is 2.96. The lowest BCUT2D eigenvalue weighted by Crippen LogP contribution is -2.45. The Morgan fingerprint density at radius 2 is 2.41 bits per heavy atom. The third kappa shape index (κ3) is 4.61. The van der Waals surface area contributed by atoms with Crippen LogP contribution in [0, 0.1) is 5.92 Å². The molecule has 2 rings (SSSR count). The van der Waals surface area contributed by atoms with E-state index in [1.54, 1.807) is 13.1 Å². The molecule has 1 atom stereocenters. The molecule has 6 nitrogen and oxygen atoms in total. The molecular weight excluding hydrogens is 390 g/mol. The molecule has 9 heteroatoms. The summed E-state index contributed by atoms with van der Waals surface area (Å²) in [6, 6.07) is 1.90. The normalized spacial score (nSPS) is 20.4. The van der Waals surface area contributed by atoms with Gasteiger partial charge in [0.25, 0.3) is 0 Å². The van der Waals surface area contributed by atoms with Crippen LogP contribution in [0.2, 0.25) is 0 Å². The molecule has 0 aliphatic carbocycles. The van der Waals surface area contributed by atoms with Crippen LogP contribution in [0.15, 0.2) is 21.0 Å². The Kier molecular flexibility index (Phi) is 6.13. The van der Waals surface area contributed by atoms with E-state index in [1.807, 2.05) is 11.4 Å². The van der Waals surface area contributed by atoms with E-state index in [9.17, 15) is 13.2 Å². The quantitative estimate of drug-likeness (QED) is 0.598. The minimum absolute atomic E-state index is 0.0622. The first kappa shape index (κ1) is 17.6. The molecule has 0 bridgehead atoms. The summed E-state index contributed by atoms with van der Waals surface area (Å²) in [5.41, 5.74) is 2.50. The summed E-state index contributed by atoms with van der Waals surface area (Å²) in [5, 5.41) is 5.86. The fraction of sp³-hybridized carbons (Fsp3) is 0.538. The number of nitrogens with one attached hydrogen (secondary N) is 1. The smallest absolute Gasteiger partial charge is 0.244 e. The minimum Gasteiger partial charge on any atom is -0.273 e. The highest BCUT2D eigenvalue weighted by atomic mass is 79.9. The number of hydrogen-bond acceptors (Lipinski definition) is 5. The molecule has 0 spiro atoms. The number of carbonyl (C=O) groups excluding carboxylic acids is 1. The summed E-state index contributed by atoms with van der Waals surface area (Å²) in [4.78, 5) is 13.0.